The zero-order valence-corrected chi connectivity index (χ0v) is 19.4. The van der Waals surface area contributed by atoms with Crippen LogP contribution in [0.5, 0.6) is 5.75 Å². The summed E-state index contributed by atoms with van der Waals surface area (Å²) in [5, 5.41) is 4.89. The van der Waals surface area contributed by atoms with Crippen LogP contribution in [-0.4, -0.2) is 30.9 Å². The van der Waals surface area contributed by atoms with Gasteiger partial charge in [-0.1, -0.05) is 12.1 Å². The van der Waals surface area contributed by atoms with E-state index in [0.29, 0.717) is 19.3 Å². The van der Waals surface area contributed by atoms with Crippen molar-refractivity contribution in [2.75, 3.05) is 31.4 Å². The van der Waals surface area contributed by atoms with E-state index in [2.05, 4.69) is 60.1 Å². The molecule has 5 nitrogen and oxygen atoms in total. The second kappa shape index (κ2) is 8.70. The predicted molar refractivity (Wildman–Crippen MR) is 132 cm³/mol. The lowest BCUT2D eigenvalue weighted by Crippen LogP contribution is -2.24. The lowest BCUT2D eigenvalue weighted by atomic mass is 10.1. The first kappa shape index (κ1) is 21.2. The summed E-state index contributed by atoms with van der Waals surface area (Å²) in [6.45, 7) is 5.50. The van der Waals surface area contributed by atoms with Crippen LogP contribution in [0.25, 0.3) is 22.2 Å². The number of nitrogen functional groups attached to an aromatic ring is 1. The zero-order valence-electron chi connectivity index (χ0n) is 19.4. The Kier molecular flexibility index (Phi) is 5.76. The maximum absolute atomic E-state index is 6.70. The fourth-order valence-corrected chi connectivity index (χ4v) is 4.93. The standard InChI is InChI=1S/C27H35N3O2/c1-17(2)30-24-16-22(32-15-14-31-3)12-13-23(24)25(28)27(30)20-8-10-21(11-9-20)29-26(18-4-5-18)19-6-7-19/h8-13,16-19,26,29H,4-7,14-15,28H2,1-3H3. The number of rotatable bonds is 10. The van der Waals surface area contributed by atoms with Crippen LogP contribution in [0.2, 0.25) is 0 Å². The summed E-state index contributed by atoms with van der Waals surface area (Å²) in [5.41, 5.74) is 12.1. The predicted octanol–water partition coefficient (Wildman–Crippen LogP) is 6.10. The molecule has 2 fully saturated rings. The highest BCUT2D eigenvalue weighted by molar-refractivity contribution is 6.01. The van der Waals surface area contributed by atoms with Gasteiger partial charge in [-0.3, -0.25) is 0 Å². The fourth-order valence-electron chi connectivity index (χ4n) is 4.93. The van der Waals surface area contributed by atoms with E-state index in [1.165, 1.54) is 31.4 Å². The van der Waals surface area contributed by atoms with E-state index in [-0.39, 0.29) is 6.04 Å². The number of nitrogens with one attached hydrogen (secondary N) is 1. The SMILES string of the molecule is COCCOc1ccc2c(N)c(-c3ccc(NC(C4CC4)C4CC4)cc3)n(C(C)C)c2c1. The first-order valence-corrected chi connectivity index (χ1v) is 12.0. The molecule has 32 heavy (non-hydrogen) atoms. The van der Waals surface area contributed by atoms with Crippen molar-refractivity contribution in [3.63, 3.8) is 0 Å². The number of aromatic nitrogens is 1. The van der Waals surface area contributed by atoms with Crippen molar-refractivity contribution < 1.29 is 9.47 Å². The Balaban J connectivity index is 1.45. The maximum atomic E-state index is 6.70. The summed E-state index contributed by atoms with van der Waals surface area (Å²) in [5.74, 6) is 2.59. The van der Waals surface area contributed by atoms with Crippen molar-refractivity contribution in [3.8, 4) is 17.0 Å². The number of hydrogen-bond donors (Lipinski definition) is 2. The van der Waals surface area contributed by atoms with Crippen LogP contribution >= 0.6 is 0 Å². The molecule has 2 aliphatic carbocycles. The molecule has 0 amide bonds. The quantitative estimate of drug-likeness (QED) is 0.379. The summed E-state index contributed by atoms with van der Waals surface area (Å²) in [4.78, 5) is 0. The molecule has 3 aromatic rings. The lowest BCUT2D eigenvalue weighted by molar-refractivity contribution is 0.146. The molecule has 0 atom stereocenters. The Morgan fingerprint density at radius 3 is 2.28 bits per heavy atom. The van der Waals surface area contributed by atoms with Crippen molar-refractivity contribution in [3.05, 3.63) is 42.5 Å². The summed E-state index contributed by atoms with van der Waals surface area (Å²) in [7, 11) is 1.68. The van der Waals surface area contributed by atoms with E-state index in [4.69, 9.17) is 15.2 Å². The fraction of sp³-hybridized carbons (Fsp3) is 0.481. The summed E-state index contributed by atoms with van der Waals surface area (Å²) in [6.07, 6.45) is 5.53. The third-order valence-electron chi connectivity index (χ3n) is 6.84. The van der Waals surface area contributed by atoms with Gasteiger partial charge in [-0.15, -0.1) is 0 Å². The van der Waals surface area contributed by atoms with Gasteiger partial charge in [0.2, 0.25) is 0 Å². The molecule has 0 aliphatic heterocycles. The van der Waals surface area contributed by atoms with Gasteiger partial charge in [-0.05, 0) is 75.6 Å². The zero-order chi connectivity index (χ0) is 22.2. The molecule has 1 aromatic heterocycles. The molecule has 0 unspecified atom stereocenters. The van der Waals surface area contributed by atoms with Crippen LogP contribution in [0.4, 0.5) is 11.4 Å². The van der Waals surface area contributed by atoms with Crippen molar-refractivity contribution >= 4 is 22.3 Å². The molecule has 0 radical (unpaired) electrons. The topological polar surface area (TPSA) is 61.4 Å². The molecular weight excluding hydrogens is 398 g/mol. The molecule has 5 heteroatoms. The highest BCUT2D eigenvalue weighted by Crippen LogP contribution is 2.46. The number of hydrogen-bond acceptors (Lipinski definition) is 4. The Labute approximate surface area is 190 Å². The van der Waals surface area contributed by atoms with Crippen LogP contribution < -0.4 is 15.8 Å². The molecule has 3 N–H and O–H groups in total. The van der Waals surface area contributed by atoms with Gasteiger partial charge in [-0.2, -0.15) is 0 Å². The Morgan fingerprint density at radius 2 is 1.69 bits per heavy atom. The number of nitrogens with zero attached hydrogens (tertiary/aromatic N) is 1. The average molecular weight is 434 g/mol. The second-order valence-electron chi connectivity index (χ2n) is 9.67. The molecule has 1 heterocycles. The van der Waals surface area contributed by atoms with E-state index >= 15 is 0 Å². The van der Waals surface area contributed by atoms with Gasteiger partial charge in [-0.25, -0.2) is 0 Å². The van der Waals surface area contributed by atoms with Gasteiger partial charge in [0.05, 0.1) is 23.5 Å². The van der Waals surface area contributed by atoms with Gasteiger partial charge in [0, 0.05) is 41.9 Å². The average Bonchev–Trinajstić information content (AvgIpc) is 3.71. The van der Waals surface area contributed by atoms with Crippen LogP contribution in [0.15, 0.2) is 42.5 Å². The monoisotopic (exact) mass is 433 g/mol. The molecule has 170 valence electrons. The van der Waals surface area contributed by atoms with E-state index in [0.717, 1.165) is 45.4 Å². The van der Waals surface area contributed by atoms with E-state index < -0.39 is 0 Å². The van der Waals surface area contributed by atoms with Crippen LogP contribution in [0, 0.1) is 11.8 Å². The Hall–Kier alpha value is -2.66. The highest BCUT2D eigenvalue weighted by atomic mass is 16.5. The Bertz CT molecular complexity index is 1070. The molecule has 0 saturated heterocycles. The minimum Gasteiger partial charge on any atom is -0.491 e. The van der Waals surface area contributed by atoms with Crippen LogP contribution in [0.3, 0.4) is 0 Å². The van der Waals surface area contributed by atoms with Gasteiger partial charge >= 0.3 is 0 Å². The minimum atomic E-state index is 0.269. The van der Waals surface area contributed by atoms with Crippen molar-refractivity contribution in [1.29, 1.82) is 0 Å². The molecule has 5 rings (SSSR count). The highest BCUT2D eigenvalue weighted by Gasteiger charge is 2.41. The summed E-state index contributed by atoms with van der Waals surface area (Å²) < 4.78 is 13.3. The number of methoxy groups -OCH3 is 1. The van der Waals surface area contributed by atoms with Crippen LogP contribution in [-0.2, 0) is 4.74 Å². The van der Waals surface area contributed by atoms with Crippen molar-refractivity contribution in [2.24, 2.45) is 11.8 Å². The van der Waals surface area contributed by atoms with Gasteiger partial charge in [0.15, 0.2) is 0 Å². The summed E-state index contributed by atoms with van der Waals surface area (Å²) >= 11 is 0. The van der Waals surface area contributed by atoms with Gasteiger partial charge in [0.1, 0.15) is 12.4 Å². The number of fused-ring (bicyclic) bond motifs is 1. The van der Waals surface area contributed by atoms with Crippen molar-refractivity contribution in [1.82, 2.24) is 4.57 Å². The van der Waals surface area contributed by atoms with E-state index in [1.54, 1.807) is 7.11 Å². The van der Waals surface area contributed by atoms with Gasteiger partial charge < -0.3 is 25.1 Å². The maximum Gasteiger partial charge on any atom is 0.121 e. The smallest absolute Gasteiger partial charge is 0.121 e. The molecule has 0 spiro atoms. The summed E-state index contributed by atoms with van der Waals surface area (Å²) in [6, 6.07) is 15.9. The van der Waals surface area contributed by atoms with E-state index in [9.17, 15) is 0 Å². The molecular formula is C27H35N3O2. The molecule has 2 saturated carbocycles. The number of ether oxygens (including phenoxy) is 2. The Morgan fingerprint density at radius 1 is 1.00 bits per heavy atom. The third kappa shape index (κ3) is 4.18. The number of nitrogens with two attached hydrogens (primary N) is 1. The third-order valence-corrected chi connectivity index (χ3v) is 6.84. The first-order chi connectivity index (χ1) is 15.6. The molecule has 0 bridgehead atoms. The minimum absolute atomic E-state index is 0.269. The van der Waals surface area contributed by atoms with E-state index in [1.807, 2.05) is 6.07 Å². The largest absolute Gasteiger partial charge is 0.491 e. The van der Waals surface area contributed by atoms with Crippen LogP contribution in [0.1, 0.15) is 45.6 Å². The first-order valence-electron chi connectivity index (χ1n) is 12.0. The normalized spacial score (nSPS) is 16.3. The molecule has 2 aliphatic rings. The number of anilines is 2. The number of benzene rings is 2. The molecule has 2 aromatic carbocycles. The second-order valence-corrected chi connectivity index (χ2v) is 9.67. The lowest BCUT2D eigenvalue weighted by Gasteiger charge is -2.20. The van der Waals surface area contributed by atoms with Crippen molar-refractivity contribution in [2.45, 2.75) is 51.6 Å². The van der Waals surface area contributed by atoms with Gasteiger partial charge in [0.25, 0.3) is 0 Å².